The van der Waals surface area contributed by atoms with Crippen molar-refractivity contribution in [3.05, 3.63) is 48.0 Å². The maximum absolute atomic E-state index is 13.3. The van der Waals surface area contributed by atoms with Gasteiger partial charge in [-0.05, 0) is 37.5 Å². The van der Waals surface area contributed by atoms with Gasteiger partial charge in [0, 0.05) is 30.8 Å². The fourth-order valence-corrected chi connectivity index (χ4v) is 4.17. The molecule has 0 aromatic heterocycles. The molecule has 1 fully saturated rings. The van der Waals surface area contributed by atoms with E-state index >= 15 is 0 Å². The molecule has 0 aliphatic heterocycles. The van der Waals surface area contributed by atoms with Crippen LogP contribution in [-0.4, -0.2) is 56.7 Å². The molecule has 8 nitrogen and oxygen atoms in total. The van der Waals surface area contributed by atoms with Gasteiger partial charge in [-0.2, -0.15) is 0 Å². The minimum atomic E-state index is -0.657. The first kappa shape index (κ1) is 26.2. The van der Waals surface area contributed by atoms with Crippen LogP contribution < -0.4 is 24.3 Å². The third-order valence-corrected chi connectivity index (χ3v) is 6.32. The Morgan fingerprint density at radius 2 is 1.46 bits per heavy atom. The average molecular weight is 485 g/mol. The zero-order valence-corrected chi connectivity index (χ0v) is 21.0. The lowest BCUT2D eigenvalue weighted by Crippen LogP contribution is -2.51. The monoisotopic (exact) mass is 484 g/mol. The van der Waals surface area contributed by atoms with Gasteiger partial charge in [-0.1, -0.05) is 31.4 Å². The molecule has 2 aromatic rings. The number of methoxy groups -OCH3 is 3. The summed E-state index contributed by atoms with van der Waals surface area (Å²) in [6.45, 7) is 1.80. The minimum Gasteiger partial charge on any atom is -0.497 e. The fourth-order valence-electron chi connectivity index (χ4n) is 4.17. The van der Waals surface area contributed by atoms with E-state index in [2.05, 4.69) is 5.32 Å². The molecule has 1 atom stereocenters. The molecule has 35 heavy (non-hydrogen) atoms. The van der Waals surface area contributed by atoms with Crippen LogP contribution in [0.2, 0.25) is 0 Å². The first-order valence-electron chi connectivity index (χ1n) is 12.0. The third-order valence-electron chi connectivity index (χ3n) is 6.32. The number of nitrogens with zero attached hydrogens (tertiary/aromatic N) is 1. The summed E-state index contributed by atoms with van der Waals surface area (Å²) in [5.74, 6) is 1.84. The van der Waals surface area contributed by atoms with Gasteiger partial charge in [0.05, 0.1) is 21.3 Å². The van der Waals surface area contributed by atoms with Gasteiger partial charge in [-0.15, -0.1) is 0 Å². The van der Waals surface area contributed by atoms with Crippen molar-refractivity contribution in [2.45, 2.75) is 57.7 Å². The Morgan fingerprint density at radius 3 is 2.03 bits per heavy atom. The van der Waals surface area contributed by atoms with Crippen molar-refractivity contribution in [3.63, 3.8) is 0 Å². The normalized spacial score (nSPS) is 14.5. The molecular formula is C27H36N2O6. The van der Waals surface area contributed by atoms with Crippen LogP contribution in [0.4, 0.5) is 0 Å². The lowest BCUT2D eigenvalue weighted by Gasteiger charge is -2.31. The Balaban J connectivity index is 1.73. The molecule has 2 aromatic carbocycles. The van der Waals surface area contributed by atoms with Gasteiger partial charge in [-0.3, -0.25) is 9.59 Å². The number of ether oxygens (including phenoxy) is 4. The average Bonchev–Trinajstić information content (AvgIpc) is 2.90. The van der Waals surface area contributed by atoms with Crippen LogP contribution in [0, 0.1) is 0 Å². The molecule has 1 aliphatic rings. The Morgan fingerprint density at radius 1 is 0.886 bits per heavy atom. The SMILES string of the molecule is COc1ccc(CN(C(=O)COc2cc(OC)cc(OC)c2)[C@H](C)C(=O)NC2CCCCC2)cc1. The first-order chi connectivity index (χ1) is 16.9. The number of benzene rings is 2. The predicted octanol–water partition coefficient (Wildman–Crippen LogP) is 3.96. The molecule has 0 heterocycles. The van der Waals surface area contributed by atoms with Crippen LogP contribution in [0.25, 0.3) is 0 Å². The Hall–Kier alpha value is -3.42. The van der Waals surface area contributed by atoms with Crippen LogP contribution in [0.1, 0.15) is 44.6 Å². The second-order valence-corrected chi connectivity index (χ2v) is 8.73. The van der Waals surface area contributed by atoms with Gasteiger partial charge in [-0.25, -0.2) is 0 Å². The number of hydrogen-bond acceptors (Lipinski definition) is 6. The lowest BCUT2D eigenvalue weighted by molar-refractivity contribution is -0.142. The Bertz CT molecular complexity index is 950. The van der Waals surface area contributed by atoms with E-state index < -0.39 is 6.04 Å². The van der Waals surface area contributed by atoms with Crippen molar-refractivity contribution in [1.82, 2.24) is 10.2 Å². The molecule has 1 N–H and O–H groups in total. The van der Waals surface area contributed by atoms with E-state index in [-0.39, 0.29) is 31.0 Å². The topological polar surface area (TPSA) is 86.3 Å². The number of amides is 2. The van der Waals surface area contributed by atoms with E-state index in [1.54, 1.807) is 51.4 Å². The molecule has 2 amide bonds. The first-order valence-corrected chi connectivity index (χ1v) is 12.0. The van der Waals surface area contributed by atoms with Crippen LogP contribution in [0.5, 0.6) is 23.0 Å². The standard InChI is InChI=1S/C27H36N2O6/c1-19(27(31)28-21-8-6-5-7-9-21)29(17-20-10-12-22(32-2)13-11-20)26(30)18-35-25-15-23(33-3)14-24(16-25)34-4/h10-16,19,21H,5-9,17-18H2,1-4H3,(H,28,31)/t19-/m1/s1. The summed E-state index contributed by atoms with van der Waals surface area (Å²) in [6, 6.07) is 12.0. The lowest BCUT2D eigenvalue weighted by atomic mass is 9.95. The van der Waals surface area contributed by atoms with Gasteiger partial charge >= 0.3 is 0 Å². The fraction of sp³-hybridized carbons (Fsp3) is 0.481. The van der Waals surface area contributed by atoms with Gasteiger partial charge < -0.3 is 29.2 Å². The van der Waals surface area contributed by atoms with Crippen molar-refractivity contribution in [1.29, 1.82) is 0 Å². The van der Waals surface area contributed by atoms with E-state index in [1.165, 1.54) is 6.42 Å². The maximum atomic E-state index is 13.3. The van der Waals surface area contributed by atoms with Crippen LogP contribution in [0.3, 0.4) is 0 Å². The number of nitrogens with one attached hydrogen (secondary N) is 1. The van der Waals surface area contributed by atoms with E-state index in [4.69, 9.17) is 18.9 Å². The van der Waals surface area contributed by atoms with Crippen LogP contribution in [-0.2, 0) is 16.1 Å². The summed E-state index contributed by atoms with van der Waals surface area (Å²) in [5, 5.41) is 3.14. The summed E-state index contributed by atoms with van der Waals surface area (Å²) < 4.78 is 21.6. The van der Waals surface area contributed by atoms with Gasteiger partial charge in [0.25, 0.3) is 5.91 Å². The summed E-state index contributed by atoms with van der Waals surface area (Å²) in [7, 11) is 4.70. The second kappa shape index (κ2) is 12.9. The van der Waals surface area contributed by atoms with E-state index in [1.807, 2.05) is 24.3 Å². The van der Waals surface area contributed by atoms with Crippen LogP contribution >= 0.6 is 0 Å². The van der Waals surface area contributed by atoms with Crippen molar-refractivity contribution in [3.8, 4) is 23.0 Å². The van der Waals surface area contributed by atoms with Crippen molar-refractivity contribution >= 4 is 11.8 Å². The van der Waals surface area contributed by atoms with Crippen molar-refractivity contribution < 1.29 is 28.5 Å². The van der Waals surface area contributed by atoms with E-state index in [0.29, 0.717) is 17.2 Å². The zero-order chi connectivity index (χ0) is 25.2. The highest BCUT2D eigenvalue weighted by molar-refractivity contribution is 5.88. The molecule has 1 aliphatic carbocycles. The molecule has 0 radical (unpaired) electrons. The molecule has 0 bridgehead atoms. The third kappa shape index (κ3) is 7.53. The molecule has 190 valence electrons. The van der Waals surface area contributed by atoms with Gasteiger partial charge in [0.15, 0.2) is 6.61 Å². The Labute approximate surface area is 207 Å². The highest BCUT2D eigenvalue weighted by Crippen LogP contribution is 2.27. The molecular weight excluding hydrogens is 448 g/mol. The summed E-state index contributed by atoms with van der Waals surface area (Å²) >= 11 is 0. The molecule has 0 spiro atoms. The highest BCUT2D eigenvalue weighted by atomic mass is 16.5. The smallest absolute Gasteiger partial charge is 0.261 e. The molecule has 1 saturated carbocycles. The summed E-state index contributed by atoms with van der Waals surface area (Å²) in [6.07, 6.45) is 5.39. The van der Waals surface area contributed by atoms with Gasteiger partial charge in [0.2, 0.25) is 5.91 Å². The molecule has 3 rings (SSSR count). The maximum Gasteiger partial charge on any atom is 0.261 e. The largest absolute Gasteiger partial charge is 0.497 e. The van der Waals surface area contributed by atoms with Crippen molar-refractivity contribution in [2.75, 3.05) is 27.9 Å². The van der Waals surface area contributed by atoms with Crippen LogP contribution in [0.15, 0.2) is 42.5 Å². The molecule has 0 unspecified atom stereocenters. The number of rotatable bonds is 11. The quantitative estimate of drug-likeness (QED) is 0.520. The van der Waals surface area contributed by atoms with E-state index in [9.17, 15) is 9.59 Å². The second-order valence-electron chi connectivity index (χ2n) is 8.73. The number of carbonyl (C=O) groups is 2. The molecule has 0 saturated heterocycles. The van der Waals surface area contributed by atoms with Crippen molar-refractivity contribution in [2.24, 2.45) is 0 Å². The summed E-state index contributed by atoms with van der Waals surface area (Å²) in [5.41, 5.74) is 0.888. The zero-order valence-electron chi connectivity index (χ0n) is 21.0. The minimum absolute atomic E-state index is 0.151. The number of hydrogen-bond donors (Lipinski definition) is 1. The molecule has 8 heteroatoms. The Kier molecular flexibility index (Phi) is 9.64. The number of carbonyl (C=O) groups excluding carboxylic acids is 2. The summed E-state index contributed by atoms with van der Waals surface area (Å²) in [4.78, 5) is 28.0. The predicted molar refractivity (Wildman–Crippen MR) is 133 cm³/mol. The highest BCUT2D eigenvalue weighted by Gasteiger charge is 2.28. The van der Waals surface area contributed by atoms with E-state index in [0.717, 1.165) is 37.0 Å². The van der Waals surface area contributed by atoms with Gasteiger partial charge in [0.1, 0.15) is 29.0 Å².